The van der Waals surface area contributed by atoms with Crippen LogP contribution in [0.3, 0.4) is 0 Å². The molecule has 1 unspecified atom stereocenters. The molecule has 3 amide bonds. The van der Waals surface area contributed by atoms with Crippen molar-refractivity contribution in [1.82, 2.24) is 15.1 Å². The summed E-state index contributed by atoms with van der Waals surface area (Å²) in [5, 5.41) is 3.11. The molecule has 2 aromatic carbocycles. The van der Waals surface area contributed by atoms with Crippen molar-refractivity contribution in [2.24, 2.45) is 0 Å². The van der Waals surface area contributed by atoms with E-state index in [1.807, 2.05) is 18.2 Å². The first-order valence-corrected chi connectivity index (χ1v) is 12.3. The van der Waals surface area contributed by atoms with Gasteiger partial charge in [-0.25, -0.2) is 0 Å². The standard InChI is InChI=1S/C27H31N3O5/c1-34-24-7-3-2-5-19(24)16-29-12-10-20(11-13-29)28-25(31)18-8-9-22-23(15-18)27(33)30(26(22)32)17-21-6-4-14-35-21/h2-3,5,7-9,15,20-21H,4,6,10-14,16-17H2,1H3,(H,28,31). The van der Waals surface area contributed by atoms with Crippen molar-refractivity contribution in [1.29, 1.82) is 0 Å². The van der Waals surface area contributed by atoms with Crippen LogP contribution < -0.4 is 10.1 Å². The largest absolute Gasteiger partial charge is 0.496 e. The van der Waals surface area contributed by atoms with E-state index < -0.39 is 0 Å². The molecule has 0 radical (unpaired) electrons. The number of para-hydroxylation sites is 1. The quantitative estimate of drug-likeness (QED) is 0.617. The first kappa shape index (κ1) is 23.5. The van der Waals surface area contributed by atoms with Crippen molar-refractivity contribution in [2.75, 3.05) is 33.4 Å². The normalized spacial score (nSPS) is 20.8. The fourth-order valence-corrected chi connectivity index (χ4v) is 5.17. The maximum Gasteiger partial charge on any atom is 0.261 e. The van der Waals surface area contributed by atoms with Gasteiger partial charge in [0.15, 0.2) is 0 Å². The molecule has 0 aromatic heterocycles. The van der Waals surface area contributed by atoms with E-state index in [0.717, 1.165) is 56.6 Å². The van der Waals surface area contributed by atoms with E-state index in [4.69, 9.17) is 9.47 Å². The molecular formula is C27H31N3O5. The topological polar surface area (TPSA) is 88.2 Å². The highest BCUT2D eigenvalue weighted by Crippen LogP contribution is 2.26. The van der Waals surface area contributed by atoms with E-state index in [2.05, 4.69) is 16.3 Å². The maximum absolute atomic E-state index is 12.9. The predicted octanol–water partition coefficient (Wildman–Crippen LogP) is 2.86. The van der Waals surface area contributed by atoms with E-state index in [1.165, 1.54) is 4.90 Å². The number of nitrogens with one attached hydrogen (secondary N) is 1. The zero-order valence-electron chi connectivity index (χ0n) is 20.0. The molecule has 1 atom stereocenters. The van der Waals surface area contributed by atoms with E-state index in [-0.39, 0.29) is 36.4 Å². The minimum atomic E-state index is -0.347. The Bertz CT molecular complexity index is 1120. The number of imide groups is 1. The molecular weight excluding hydrogens is 446 g/mol. The second kappa shape index (κ2) is 10.2. The van der Waals surface area contributed by atoms with Gasteiger partial charge in [0.2, 0.25) is 0 Å². The van der Waals surface area contributed by atoms with E-state index in [9.17, 15) is 14.4 Å². The molecule has 184 valence electrons. The molecule has 2 aromatic rings. The third kappa shape index (κ3) is 4.94. The van der Waals surface area contributed by atoms with Crippen LogP contribution in [0.15, 0.2) is 42.5 Å². The zero-order valence-corrected chi connectivity index (χ0v) is 20.0. The van der Waals surface area contributed by atoms with Crippen LogP contribution in [-0.2, 0) is 11.3 Å². The Hall–Kier alpha value is -3.23. The fourth-order valence-electron chi connectivity index (χ4n) is 5.17. The third-order valence-corrected chi connectivity index (χ3v) is 7.15. The van der Waals surface area contributed by atoms with Crippen molar-refractivity contribution in [3.63, 3.8) is 0 Å². The van der Waals surface area contributed by atoms with Gasteiger partial charge in [-0.2, -0.15) is 0 Å². The summed E-state index contributed by atoms with van der Waals surface area (Å²) in [4.78, 5) is 42.2. The molecule has 3 aliphatic heterocycles. The number of methoxy groups -OCH3 is 1. The lowest BCUT2D eigenvalue weighted by Gasteiger charge is -2.32. The minimum absolute atomic E-state index is 0.0676. The number of hydrogen-bond acceptors (Lipinski definition) is 6. The average molecular weight is 478 g/mol. The summed E-state index contributed by atoms with van der Waals surface area (Å²) >= 11 is 0. The Morgan fingerprint density at radius 2 is 1.83 bits per heavy atom. The molecule has 0 spiro atoms. The number of fused-ring (bicyclic) bond motifs is 1. The smallest absolute Gasteiger partial charge is 0.261 e. The van der Waals surface area contributed by atoms with Gasteiger partial charge in [-0.05, 0) is 49.9 Å². The summed E-state index contributed by atoms with van der Waals surface area (Å²) in [6.07, 6.45) is 3.38. The summed E-state index contributed by atoms with van der Waals surface area (Å²) in [7, 11) is 1.69. The van der Waals surface area contributed by atoms with Gasteiger partial charge in [-0.15, -0.1) is 0 Å². The molecule has 8 nitrogen and oxygen atoms in total. The summed E-state index contributed by atoms with van der Waals surface area (Å²) in [5.74, 6) is 0.0189. The van der Waals surface area contributed by atoms with Crippen molar-refractivity contribution in [3.8, 4) is 5.75 Å². The van der Waals surface area contributed by atoms with E-state index >= 15 is 0 Å². The van der Waals surface area contributed by atoms with Gasteiger partial charge in [-0.3, -0.25) is 24.2 Å². The Kier molecular flexibility index (Phi) is 6.83. The average Bonchev–Trinajstić information content (AvgIpc) is 3.48. The summed E-state index contributed by atoms with van der Waals surface area (Å²) in [5.41, 5.74) is 2.21. The molecule has 2 saturated heterocycles. The van der Waals surface area contributed by atoms with Gasteiger partial charge in [0.1, 0.15) is 5.75 Å². The molecule has 0 aliphatic carbocycles. The number of carbonyl (C=O) groups is 3. The number of likely N-dealkylation sites (tertiary alicyclic amines) is 1. The molecule has 8 heteroatoms. The van der Waals surface area contributed by atoms with Crippen molar-refractivity contribution in [2.45, 2.75) is 44.4 Å². The Labute approximate surface area is 205 Å². The second-order valence-corrected chi connectivity index (χ2v) is 9.45. The van der Waals surface area contributed by atoms with Crippen LogP contribution in [0.2, 0.25) is 0 Å². The summed E-state index contributed by atoms with van der Waals surface area (Å²) < 4.78 is 11.0. The highest BCUT2D eigenvalue weighted by atomic mass is 16.5. The van der Waals surface area contributed by atoms with Crippen LogP contribution in [0.25, 0.3) is 0 Å². The van der Waals surface area contributed by atoms with E-state index in [1.54, 1.807) is 25.3 Å². The van der Waals surface area contributed by atoms with Crippen molar-refractivity contribution < 1.29 is 23.9 Å². The van der Waals surface area contributed by atoms with Gasteiger partial charge in [-0.1, -0.05) is 18.2 Å². The number of nitrogens with zero attached hydrogens (tertiary/aromatic N) is 2. The van der Waals surface area contributed by atoms with Crippen LogP contribution in [0, 0.1) is 0 Å². The molecule has 35 heavy (non-hydrogen) atoms. The number of piperidine rings is 1. The zero-order chi connectivity index (χ0) is 24.4. The highest BCUT2D eigenvalue weighted by Gasteiger charge is 2.38. The Morgan fingerprint density at radius 3 is 2.57 bits per heavy atom. The van der Waals surface area contributed by atoms with Gasteiger partial charge >= 0.3 is 0 Å². The van der Waals surface area contributed by atoms with Crippen molar-refractivity contribution >= 4 is 17.7 Å². The Balaban J connectivity index is 1.17. The molecule has 0 bridgehead atoms. The molecule has 3 heterocycles. The van der Waals surface area contributed by atoms with Crippen LogP contribution in [0.1, 0.15) is 62.3 Å². The lowest BCUT2D eigenvalue weighted by Crippen LogP contribution is -2.44. The molecule has 3 aliphatic rings. The maximum atomic E-state index is 12.9. The number of benzene rings is 2. The summed E-state index contributed by atoms with van der Waals surface area (Å²) in [6, 6.07) is 12.9. The first-order valence-electron chi connectivity index (χ1n) is 12.3. The van der Waals surface area contributed by atoms with Gasteiger partial charge < -0.3 is 14.8 Å². The van der Waals surface area contributed by atoms with Gasteiger partial charge in [0.05, 0.1) is 30.9 Å². The van der Waals surface area contributed by atoms with E-state index in [0.29, 0.717) is 23.3 Å². The number of carbonyl (C=O) groups excluding carboxylic acids is 3. The van der Waals surface area contributed by atoms with Gasteiger partial charge in [0, 0.05) is 43.4 Å². The van der Waals surface area contributed by atoms with Crippen molar-refractivity contribution in [3.05, 3.63) is 64.7 Å². The predicted molar refractivity (Wildman–Crippen MR) is 130 cm³/mol. The Morgan fingerprint density at radius 1 is 1.06 bits per heavy atom. The second-order valence-electron chi connectivity index (χ2n) is 9.45. The van der Waals surface area contributed by atoms with Crippen LogP contribution in [0.5, 0.6) is 5.75 Å². The molecule has 0 saturated carbocycles. The molecule has 2 fully saturated rings. The first-order chi connectivity index (χ1) is 17.0. The lowest BCUT2D eigenvalue weighted by atomic mass is 10.0. The van der Waals surface area contributed by atoms with Crippen LogP contribution in [-0.4, -0.2) is 73.0 Å². The SMILES string of the molecule is COc1ccccc1CN1CCC(NC(=O)c2ccc3c(c2)C(=O)N(CC2CCCO2)C3=O)CC1. The highest BCUT2D eigenvalue weighted by molar-refractivity contribution is 6.22. The van der Waals surface area contributed by atoms with Crippen LogP contribution >= 0.6 is 0 Å². The third-order valence-electron chi connectivity index (χ3n) is 7.15. The number of rotatable bonds is 7. The number of ether oxygens (including phenoxy) is 2. The lowest BCUT2D eigenvalue weighted by molar-refractivity contribution is 0.0475. The minimum Gasteiger partial charge on any atom is -0.496 e. The summed E-state index contributed by atoms with van der Waals surface area (Å²) in [6.45, 7) is 3.49. The van der Waals surface area contributed by atoms with Crippen LogP contribution in [0.4, 0.5) is 0 Å². The number of amides is 3. The number of hydrogen-bond donors (Lipinski definition) is 1. The molecule has 1 N–H and O–H groups in total. The fraction of sp³-hybridized carbons (Fsp3) is 0.444. The monoisotopic (exact) mass is 477 g/mol. The molecule has 5 rings (SSSR count). The van der Waals surface area contributed by atoms with Gasteiger partial charge in [0.25, 0.3) is 17.7 Å².